The molecule has 4 heteroatoms. The molecule has 0 heterocycles. The van der Waals surface area contributed by atoms with Crippen LogP contribution in [-0.4, -0.2) is 11.1 Å². The van der Waals surface area contributed by atoms with Crippen molar-refractivity contribution in [1.29, 1.82) is 0 Å². The molecular weight excluding hydrogens is 269 g/mol. The first-order valence-corrected chi connectivity index (χ1v) is 4.90. The minimum atomic E-state index is -0.471. The highest BCUT2D eigenvalue weighted by molar-refractivity contribution is 14.1. The fourth-order valence-electron chi connectivity index (χ4n) is 0.860. The first-order chi connectivity index (χ1) is 5.77. The van der Waals surface area contributed by atoms with Gasteiger partial charge in [-0.15, -0.1) is 0 Å². The van der Waals surface area contributed by atoms with Gasteiger partial charge in [0.25, 0.3) is 5.91 Å². The Morgan fingerprint density at radius 3 is 2.92 bits per heavy atom. The van der Waals surface area contributed by atoms with Crippen molar-refractivity contribution in [2.45, 2.75) is 4.43 Å². The minimum Gasteiger partial charge on any atom is -0.288 e. The van der Waals surface area contributed by atoms with E-state index in [0.717, 1.165) is 9.99 Å². The van der Waals surface area contributed by atoms with Gasteiger partial charge in [0.05, 0.1) is 0 Å². The monoisotopic (exact) mass is 277 g/mol. The van der Waals surface area contributed by atoms with Crippen LogP contribution >= 0.6 is 22.6 Å². The molecule has 1 rings (SSSR count). The summed E-state index contributed by atoms with van der Waals surface area (Å²) in [6.45, 7) is 0. The summed E-state index contributed by atoms with van der Waals surface area (Å²) >= 11 is 2.21. The van der Waals surface area contributed by atoms with E-state index in [1.165, 1.54) is 0 Å². The number of carbonyl (C=O) groups excluding carboxylic acids is 1. The van der Waals surface area contributed by atoms with Crippen LogP contribution in [0.2, 0.25) is 0 Å². The molecule has 0 unspecified atom stereocenters. The fourth-order valence-corrected chi connectivity index (χ4v) is 1.33. The lowest BCUT2D eigenvalue weighted by Crippen LogP contribution is -2.18. The van der Waals surface area contributed by atoms with Gasteiger partial charge in [0, 0.05) is 9.99 Å². The molecule has 1 aromatic carbocycles. The summed E-state index contributed by atoms with van der Waals surface area (Å²) in [7, 11) is 0. The molecule has 0 atom stereocenters. The van der Waals surface area contributed by atoms with Gasteiger partial charge in [-0.05, 0) is 17.7 Å². The zero-order valence-electron chi connectivity index (χ0n) is 6.25. The van der Waals surface area contributed by atoms with Gasteiger partial charge in [-0.1, -0.05) is 34.7 Å². The summed E-state index contributed by atoms with van der Waals surface area (Å²) in [4.78, 5) is 10.9. The van der Waals surface area contributed by atoms with Crippen molar-refractivity contribution in [3.8, 4) is 0 Å². The molecule has 0 fully saturated rings. The molecule has 1 amide bonds. The Balaban J connectivity index is 2.93. The molecule has 0 spiro atoms. The standard InChI is InChI=1S/C8H8INO2/c9-5-6-2-1-3-7(4-6)8(11)10-12/h1-4,12H,5H2,(H,10,11). The van der Waals surface area contributed by atoms with Gasteiger partial charge in [-0.3, -0.25) is 10.0 Å². The Morgan fingerprint density at radius 1 is 1.58 bits per heavy atom. The SMILES string of the molecule is O=C(NO)c1cccc(CI)c1. The number of nitrogens with one attached hydrogen (secondary N) is 1. The lowest BCUT2D eigenvalue weighted by atomic mass is 10.1. The first kappa shape index (κ1) is 9.47. The topological polar surface area (TPSA) is 49.3 Å². The second kappa shape index (κ2) is 4.42. The van der Waals surface area contributed by atoms with Crippen molar-refractivity contribution in [3.63, 3.8) is 0 Å². The van der Waals surface area contributed by atoms with Crippen LogP contribution in [0.5, 0.6) is 0 Å². The van der Waals surface area contributed by atoms with Gasteiger partial charge < -0.3 is 0 Å². The van der Waals surface area contributed by atoms with E-state index in [2.05, 4.69) is 22.6 Å². The number of benzene rings is 1. The molecule has 1 aromatic rings. The van der Waals surface area contributed by atoms with Gasteiger partial charge in [-0.25, -0.2) is 5.48 Å². The Kier molecular flexibility index (Phi) is 3.48. The van der Waals surface area contributed by atoms with Crippen LogP contribution in [0.3, 0.4) is 0 Å². The largest absolute Gasteiger partial charge is 0.288 e. The van der Waals surface area contributed by atoms with E-state index in [4.69, 9.17) is 5.21 Å². The molecular formula is C8H8INO2. The van der Waals surface area contributed by atoms with Gasteiger partial charge in [0.15, 0.2) is 0 Å². The van der Waals surface area contributed by atoms with Crippen molar-refractivity contribution in [1.82, 2.24) is 5.48 Å². The van der Waals surface area contributed by atoms with Crippen molar-refractivity contribution in [2.75, 3.05) is 0 Å². The van der Waals surface area contributed by atoms with Gasteiger partial charge in [0.1, 0.15) is 0 Å². The van der Waals surface area contributed by atoms with E-state index in [9.17, 15) is 4.79 Å². The predicted octanol–water partition coefficient (Wildman–Crippen LogP) is 1.74. The third-order valence-electron chi connectivity index (χ3n) is 1.45. The van der Waals surface area contributed by atoms with E-state index in [1.807, 2.05) is 6.07 Å². The van der Waals surface area contributed by atoms with Crippen LogP contribution in [0.4, 0.5) is 0 Å². The first-order valence-electron chi connectivity index (χ1n) is 3.37. The quantitative estimate of drug-likeness (QED) is 0.374. The lowest BCUT2D eigenvalue weighted by molar-refractivity contribution is 0.0706. The summed E-state index contributed by atoms with van der Waals surface area (Å²) < 4.78 is 0.851. The van der Waals surface area contributed by atoms with Crippen LogP contribution in [0, 0.1) is 0 Å². The molecule has 0 aliphatic heterocycles. The number of hydrogen-bond donors (Lipinski definition) is 2. The average Bonchev–Trinajstić information content (AvgIpc) is 2.17. The number of halogens is 1. The maximum atomic E-state index is 10.9. The van der Waals surface area contributed by atoms with E-state index in [-0.39, 0.29) is 0 Å². The van der Waals surface area contributed by atoms with Crippen LogP contribution in [0.1, 0.15) is 15.9 Å². The number of hydroxylamine groups is 1. The van der Waals surface area contributed by atoms with Crippen molar-refractivity contribution < 1.29 is 10.0 Å². The van der Waals surface area contributed by atoms with E-state index < -0.39 is 5.91 Å². The average molecular weight is 277 g/mol. The lowest BCUT2D eigenvalue weighted by Gasteiger charge is -1.99. The Hall–Kier alpha value is -0.620. The molecule has 64 valence electrons. The molecule has 0 aliphatic rings. The Bertz CT molecular complexity index is 288. The normalized spacial score (nSPS) is 9.50. The maximum Gasteiger partial charge on any atom is 0.274 e. The summed E-state index contributed by atoms with van der Waals surface area (Å²) in [5.41, 5.74) is 3.14. The molecule has 2 N–H and O–H groups in total. The number of amides is 1. The van der Waals surface area contributed by atoms with Gasteiger partial charge >= 0.3 is 0 Å². The molecule has 0 aromatic heterocycles. The van der Waals surface area contributed by atoms with Crippen LogP contribution in [0.15, 0.2) is 24.3 Å². The third-order valence-corrected chi connectivity index (χ3v) is 2.33. The second-order valence-electron chi connectivity index (χ2n) is 2.27. The van der Waals surface area contributed by atoms with Crippen molar-refractivity contribution in [3.05, 3.63) is 35.4 Å². The van der Waals surface area contributed by atoms with Crippen molar-refractivity contribution in [2.24, 2.45) is 0 Å². The van der Waals surface area contributed by atoms with Crippen LogP contribution in [0.25, 0.3) is 0 Å². The van der Waals surface area contributed by atoms with Crippen molar-refractivity contribution >= 4 is 28.5 Å². The number of hydrogen-bond acceptors (Lipinski definition) is 2. The smallest absolute Gasteiger partial charge is 0.274 e. The Labute approximate surface area is 83.9 Å². The molecule has 0 radical (unpaired) electrons. The molecule has 3 nitrogen and oxygen atoms in total. The zero-order valence-corrected chi connectivity index (χ0v) is 8.41. The van der Waals surface area contributed by atoms with Crippen LogP contribution < -0.4 is 5.48 Å². The number of rotatable bonds is 2. The zero-order chi connectivity index (χ0) is 8.97. The van der Waals surface area contributed by atoms with Gasteiger partial charge in [0.2, 0.25) is 0 Å². The molecule has 0 aliphatic carbocycles. The second-order valence-corrected chi connectivity index (χ2v) is 3.04. The maximum absolute atomic E-state index is 10.9. The summed E-state index contributed by atoms with van der Waals surface area (Å²) in [5.74, 6) is -0.471. The van der Waals surface area contributed by atoms with E-state index in [0.29, 0.717) is 5.56 Å². The summed E-state index contributed by atoms with van der Waals surface area (Å²) in [5, 5.41) is 8.35. The molecule has 0 bridgehead atoms. The Morgan fingerprint density at radius 2 is 2.33 bits per heavy atom. The van der Waals surface area contributed by atoms with E-state index in [1.54, 1.807) is 23.7 Å². The molecule has 0 saturated heterocycles. The minimum absolute atomic E-state index is 0.471. The van der Waals surface area contributed by atoms with Gasteiger partial charge in [-0.2, -0.15) is 0 Å². The molecule has 0 saturated carbocycles. The predicted molar refractivity (Wildman–Crippen MR) is 53.4 cm³/mol. The fraction of sp³-hybridized carbons (Fsp3) is 0.125. The summed E-state index contributed by atoms with van der Waals surface area (Å²) in [6.07, 6.45) is 0. The molecule has 12 heavy (non-hydrogen) atoms. The third kappa shape index (κ3) is 2.18. The van der Waals surface area contributed by atoms with Crippen LogP contribution in [-0.2, 0) is 4.43 Å². The highest BCUT2D eigenvalue weighted by Crippen LogP contribution is 2.08. The highest BCUT2D eigenvalue weighted by atomic mass is 127. The number of alkyl halides is 1. The number of carbonyl (C=O) groups is 1. The summed E-state index contributed by atoms with van der Waals surface area (Å²) in [6, 6.07) is 7.12. The van der Waals surface area contributed by atoms with E-state index >= 15 is 0 Å². The highest BCUT2D eigenvalue weighted by Gasteiger charge is 2.02.